The summed E-state index contributed by atoms with van der Waals surface area (Å²) in [5.74, 6) is -0.0948. The van der Waals surface area contributed by atoms with Gasteiger partial charge in [0.25, 0.3) is 0 Å². The molecule has 1 aromatic carbocycles. The largest absolute Gasteiger partial charge is 0.492 e. The van der Waals surface area contributed by atoms with Crippen LogP contribution in [0.5, 0.6) is 5.75 Å². The molecule has 1 saturated carbocycles. The minimum absolute atomic E-state index is 0.127. The summed E-state index contributed by atoms with van der Waals surface area (Å²) in [5, 5.41) is 9.46. The third kappa shape index (κ3) is 4.22. The molecule has 0 unspecified atom stereocenters. The van der Waals surface area contributed by atoms with Crippen molar-refractivity contribution in [2.45, 2.75) is 57.1 Å². The quantitative estimate of drug-likeness (QED) is 0.630. The number of nitrogens with zero attached hydrogens (tertiary/aromatic N) is 1. The van der Waals surface area contributed by atoms with Crippen LogP contribution in [-0.2, 0) is 20.7 Å². The summed E-state index contributed by atoms with van der Waals surface area (Å²) in [6.45, 7) is 2.54. The normalized spacial score (nSPS) is 25.4. The number of amides is 3. The van der Waals surface area contributed by atoms with Crippen LogP contribution in [0, 0.1) is 5.92 Å². The molecule has 166 valence electrons. The number of rotatable bonds is 4. The number of carbonyl (C=O) groups excluding carboxylic acids is 3. The topological polar surface area (TPSA) is 118 Å². The lowest BCUT2D eigenvalue weighted by atomic mass is 9.72. The molecular formula is C22H28N4O5. The summed E-state index contributed by atoms with van der Waals surface area (Å²) < 4.78 is 11.7. The summed E-state index contributed by atoms with van der Waals surface area (Å²) in [4.78, 5) is 35.3. The zero-order valence-corrected chi connectivity index (χ0v) is 17.8. The third-order valence-corrected chi connectivity index (χ3v) is 6.36. The molecule has 2 heterocycles. The maximum absolute atomic E-state index is 12.1. The summed E-state index contributed by atoms with van der Waals surface area (Å²) in [5.41, 5.74) is 4.41. The molecule has 3 amide bonds. The lowest BCUT2D eigenvalue weighted by Crippen LogP contribution is -2.52. The van der Waals surface area contributed by atoms with Crippen LogP contribution in [-0.4, -0.2) is 48.9 Å². The van der Waals surface area contributed by atoms with Crippen molar-refractivity contribution in [2.24, 2.45) is 11.0 Å². The van der Waals surface area contributed by atoms with Crippen molar-refractivity contribution in [1.29, 1.82) is 0 Å². The predicted molar refractivity (Wildman–Crippen MR) is 113 cm³/mol. The lowest BCUT2D eigenvalue weighted by molar-refractivity contribution is -0.139. The van der Waals surface area contributed by atoms with E-state index in [1.165, 1.54) is 7.05 Å². The Morgan fingerprint density at radius 3 is 2.81 bits per heavy atom. The summed E-state index contributed by atoms with van der Waals surface area (Å²) in [6, 6.07) is 5.87. The Hall–Kier alpha value is -3.10. The first-order chi connectivity index (χ1) is 14.9. The average Bonchev–Trinajstić information content (AvgIpc) is 3.24. The Labute approximate surface area is 180 Å². The number of carbonyl (C=O) groups is 3. The summed E-state index contributed by atoms with van der Waals surface area (Å²) in [6.07, 6.45) is 4.00. The highest BCUT2D eigenvalue weighted by Gasteiger charge is 2.47. The van der Waals surface area contributed by atoms with Crippen LogP contribution in [0.2, 0.25) is 0 Å². The zero-order valence-electron chi connectivity index (χ0n) is 17.8. The molecule has 1 atom stereocenters. The van der Waals surface area contributed by atoms with E-state index in [1.54, 1.807) is 0 Å². The zero-order chi connectivity index (χ0) is 22.0. The van der Waals surface area contributed by atoms with E-state index in [0.717, 1.165) is 42.6 Å². The molecule has 1 spiro atoms. The second-order valence-electron chi connectivity index (χ2n) is 8.48. The molecule has 0 saturated heterocycles. The number of ether oxygens (including phenoxy) is 2. The van der Waals surface area contributed by atoms with Gasteiger partial charge in [-0.25, -0.2) is 10.2 Å². The van der Waals surface area contributed by atoms with Crippen LogP contribution < -0.4 is 20.8 Å². The van der Waals surface area contributed by atoms with Crippen LogP contribution in [0.1, 0.15) is 50.2 Å². The fraction of sp³-hybridized carbons (Fsp3) is 0.545. The number of fused-ring (bicyclic) bond motifs is 1. The second kappa shape index (κ2) is 8.56. The second-order valence-corrected chi connectivity index (χ2v) is 8.48. The number of hydrogen-bond acceptors (Lipinski definition) is 6. The van der Waals surface area contributed by atoms with Crippen LogP contribution >= 0.6 is 0 Å². The molecule has 4 rings (SSSR count). The highest BCUT2D eigenvalue weighted by molar-refractivity contribution is 6.35. The van der Waals surface area contributed by atoms with E-state index in [1.807, 2.05) is 25.1 Å². The molecule has 1 aliphatic carbocycles. The van der Waals surface area contributed by atoms with Gasteiger partial charge >= 0.3 is 17.9 Å². The van der Waals surface area contributed by atoms with Crippen molar-refractivity contribution in [2.75, 3.05) is 13.7 Å². The molecular weight excluding hydrogens is 400 g/mol. The number of hydrogen-bond donors (Lipinski definition) is 3. The minimum Gasteiger partial charge on any atom is -0.492 e. The van der Waals surface area contributed by atoms with Gasteiger partial charge in [0.1, 0.15) is 11.5 Å². The number of para-hydroxylation sites is 1. The van der Waals surface area contributed by atoms with Gasteiger partial charge in [0.05, 0.1) is 6.61 Å². The monoisotopic (exact) mass is 428 g/mol. The molecule has 9 nitrogen and oxygen atoms in total. The molecule has 0 bridgehead atoms. The number of likely N-dealkylation sites (N-methyl/N-ethyl adjacent to an activating group) is 1. The van der Waals surface area contributed by atoms with Crippen molar-refractivity contribution < 1.29 is 23.9 Å². The first-order valence-electron chi connectivity index (χ1n) is 10.8. The summed E-state index contributed by atoms with van der Waals surface area (Å²) >= 11 is 0. The van der Waals surface area contributed by atoms with Gasteiger partial charge in [0, 0.05) is 25.1 Å². The predicted octanol–water partition coefficient (Wildman–Crippen LogP) is 1.64. The van der Waals surface area contributed by atoms with Gasteiger partial charge in [-0.05, 0) is 56.6 Å². The Kier molecular flexibility index (Phi) is 5.84. The Morgan fingerprint density at radius 2 is 2.06 bits per heavy atom. The molecule has 1 aromatic rings. The van der Waals surface area contributed by atoms with Crippen molar-refractivity contribution in [3.05, 3.63) is 29.3 Å². The van der Waals surface area contributed by atoms with Crippen molar-refractivity contribution in [3.63, 3.8) is 0 Å². The van der Waals surface area contributed by atoms with Crippen LogP contribution in [0.3, 0.4) is 0 Å². The van der Waals surface area contributed by atoms with Crippen molar-refractivity contribution >= 4 is 23.6 Å². The number of nitrogens with one attached hydrogen (secondary N) is 3. The highest BCUT2D eigenvalue weighted by atomic mass is 16.6. The van der Waals surface area contributed by atoms with Crippen LogP contribution in [0.4, 0.5) is 4.79 Å². The smallest absolute Gasteiger partial charge is 0.428 e. The molecule has 2 aliphatic heterocycles. The highest BCUT2D eigenvalue weighted by Crippen LogP contribution is 2.43. The Morgan fingerprint density at radius 1 is 1.29 bits per heavy atom. The molecule has 0 aromatic heterocycles. The lowest BCUT2D eigenvalue weighted by Gasteiger charge is -2.42. The SMILES string of the molecule is CNC(=O)C(=O)N[C@@H](C)CC1CCC2(CC1)OC(=O)NN=C2c1cccc2c1OCC2. The van der Waals surface area contributed by atoms with Gasteiger partial charge in [-0.3, -0.25) is 9.59 Å². The van der Waals surface area contributed by atoms with Gasteiger partial charge in [-0.2, -0.15) is 5.10 Å². The molecule has 31 heavy (non-hydrogen) atoms. The molecule has 3 aliphatic rings. The van der Waals surface area contributed by atoms with E-state index in [0.29, 0.717) is 31.1 Å². The fourth-order valence-electron chi connectivity index (χ4n) is 4.84. The van der Waals surface area contributed by atoms with E-state index in [2.05, 4.69) is 21.2 Å². The minimum atomic E-state index is -0.783. The maximum atomic E-state index is 12.1. The van der Waals surface area contributed by atoms with E-state index in [-0.39, 0.29) is 6.04 Å². The molecule has 3 N–H and O–H groups in total. The molecule has 9 heteroatoms. The van der Waals surface area contributed by atoms with Crippen LogP contribution in [0.15, 0.2) is 23.3 Å². The Bertz CT molecular complexity index is 920. The third-order valence-electron chi connectivity index (χ3n) is 6.36. The van der Waals surface area contributed by atoms with Crippen LogP contribution in [0.25, 0.3) is 0 Å². The van der Waals surface area contributed by atoms with E-state index < -0.39 is 23.5 Å². The number of hydrazone groups is 1. The maximum Gasteiger partial charge on any atom is 0.428 e. The van der Waals surface area contributed by atoms with Crippen molar-refractivity contribution in [3.8, 4) is 5.75 Å². The van der Waals surface area contributed by atoms with E-state index >= 15 is 0 Å². The Balaban J connectivity index is 1.46. The first-order valence-corrected chi connectivity index (χ1v) is 10.8. The van der Waals surface area contributed by atoms with Crippen molar-refractivity contribution in [1.82, 2.24) is 16.1 Å². The summed E-state index contributed by atoms with van der Waals surface area (Å²) in [7, 11) is 1.43. The average molecular weight is 428 g/mol. The van der Waals surface area contributed by atoms with Gasteiger partial charge in [-0.15, -0.1) is 0 Å². The fourth-order valence-corrected chi connectivity index (χ4v) is 4.84. The van der Waals surface area contributed by atoms with Gasteiger partial charge in [0.15, 0.2) is 5.60 Å². The molecule has 1 fully saturated rings. The van der Waals surface area contributed by atoms with Gasteiger partial charge < -0.3 is 20.1 Å². The number of benzene rings is 1. The van der Waals surface area contributed by atoms with E-state index in [4.69, 9.17) is 9.47 Å². The molecule has 0 radical (unpaired) electrons. The van der Waals surface area contributed by atoms with E-state index in [9.17, 15) is 14.4 Å². The standard InChI is InChI=1S/C22H28N4O5/c1-13(24-20(28)19(27)23-2)12-14-6-9-22(10-7-14)18(25-26-21(29)31-22)16-5-3-4-15-8-11-30-17(15)16/h3-5,13-14H,6-12H2,1-2H3,(H,23,27)(H,24,28)(H,26,29)/t13-,14?,22?/m0/s1. The van der Waals surface area contributed by atoms with Gasteiger partial charge in [-0.1, -0.05) is 12.1 Å². The van der Waals surface area contributed by atoms with Gasteiger partial charge in [0.2, 0.25) is 0 Å². The first kappa shape index (κ1) is 21.1.